The molecule has 0 aliphatic heterocycles. The maximum absolute atomic E-state index is 11.3. The second kappa shape index (κ2) is 6.64. The van der Waals surface area contributed by atoms with Crippen molar-refractivity contribution in [3.05, 3.63) is 67.8 Å². The van der Waals surface area contributed by atoms with Crippen molar-refractivity contribution < 1.29 is 0 Å². The highest BCUT2D eigenvalue weighted by Gasteiger charge is 2.09. The van der Waals surface area contributed by atoms with Crippen LogP contribution < -0.4 is 11.2 Å². The number of aromatic amines is 2. The number of H-pyrrole nitrogens is 2. The number of nitriles is 1. The Balaban J connectivity index is 1.89. The van der Waals surface area contributed by atoms with E-state index in [2.05, 4.69) is 21.0 Å². The summed E-state index contributed by atoms with van der Waals surface area (Å²) in [5.41, 5.74) is 0.735. The normalized spacial score (nSPS) is 10.4. The quantitative estimate of drug-likeness (QED) is 0.709. The monoisotopic (exact) mass is 342 g/mol. The van der Waals surface area contributed by atoms with Crippen molar-refractivity contribution in [3.8, 4) is 16.6 Å². The summed E-state index contributed by atoms with van der Waals surface area (Å²) < 4.78 is 0. The van der Waals surface area contributed by atoms with Gasteiger partial charge < -0.3 is 4.98 Å². The predicted octanol–water partition coefficient (Wildman–Crippen LogP) is 2.35. The smallest absolute Gasteiger partial charge is 0.310 e. The van der Waals surface area contributed by atoms with Crippen molar-refractivity contribution >= 4 is 23.1 Å². The van der Waals surface area contributed by atoms with Gasteiger partial charge in [0, 0.05) is 17.5 Å². The van der Waals surface area contributed by atoms with E-state index in [9.17, 15) is 14.9 Å². The van der Waals surface area contributed by atoms with Gasteiger partial charge in [-0.1, -0.05) is 17.8 Å². The zero-order valence-electron chi connectivity index (χ0n) is 11.7. The minimum absolute atomic E-state index is 0.342. The second-order valence-corrected chi connectivity index (χ2v) is 6.45. The Morgan fingerprint density at radius 2 is 2.13 bits per heavy atom. The van der Waals surface area contributed by atoms with Crippen LogP contribution >= 0.6 is 23.1 Å². The SMILES string of the molecule is N#Cc1ccc(-c2cccs2)nc1SCc1cc(=O)[nH]c(=O)[nH]1. The van der Waals surface area contributed by atoms with E-state index in [0.29, 0.717) is 22.0 Å². The van der Waals surface area contributed by atoms with E-state index in [1.165, 1.54) is 17.8 Å². The minimum atomic E-state index is -0.547. The maximum atomic E-state index is 11.3. The highest BCUT2D eigenvalue weighted by atomic mass is 32.2. The Labute approximate surface area is 138 Å². The second-order valence-electron chi connectivity index (χ2n) is 4.54. The third kappa shape index (κ3) is 3.59. The molecule has 0 bridgehead atoms. The number of pyridine rings is 1. The zero-order chi connectivity index (χ0) is 16.2. The first-order chi connectivity index (χ1) is 11.2. The summed E-state index contributed by atoms with van der Waals surface area (Å²) in [6.45, 7) is 0. The fourth-order valence-corrected chi connectivity index (χ4v) is 3.52. The minimum Gasteiger partial charge on any atom is -0.310 e. The van der Waals surface area contributed by atoms with Crippen LogP contribution in [0.25, 0.3) is 10.6 Å². The first-order valence-corrected chi connectivity index (χ1v) is 8.42. The molecule has 3 heterocycles. The lowest BCUT2D eigenvalue weighted by atomic mass is 10.2. The lowest BCUT2D eigenvalue weighted by molar-refractivity contribution is 0.984. The Morgan fingerprint density at radius 3 is 2.83 bits per heavy atom. The van der Waals surface area contributed by atoms with Gasteiger partial charge in [-0.3, -0.25) is 9.78 Å². The van der Waals surface area contributed by atoms with Gasteiger partial charge in [0.25, 0.3) is 5.56 Å². The summed E-state index contributed by atoms with van der Waals surface area (Å²) in [6.07, 6.45) is 0. The van der Waals surface area contributed by atoms with Gasteiger partial charge in [0.2, 0.25) is 0 Å². The van der Waals surface area contributed by atoms with Crippen molar-refractivity contribution in [2.24, 2.45) is 0 Å². The van der Waals surface area contributed by atoms with Crippen LogP contribution in [-0.4, -0.2) is 15.0 Å². The van der Waals surface area contributed by atoms with Crippen LogP contribution in [0.2, 0.25) is 0 Å². The van der Waals surface area contributed by atoms with E-state index in [-0.39, 0.29) is 0 Å². The molecule has 6 nitrogen and oxygen atoms in total. The number of aromatic nitrogens is 3. The van der Waals surface area contributed by atoms with Crippen molar-refractivity contribution in [2.75, 3.05) is 0 Å². The third-order valence-electron chi connectivity index (χ3n) is 2.93. The summed E-state index contributed by atoms with van der Waals surface area (Å²) in [5, 5.41) is 11.7. The van der Waals surface area contributed by atoms with E-state index < -0.39 is 11.2 Å². The maximum Gasteiger partial charge on any atom is 0.325 e. The zero-order valence-corrected chi connectivity index (χ0v) is 13.3. The molecule has 3 aromatic heterocycles. The van der Waals surface area contributed by atoms with Crippen LogP contribution in [-0.2, 0) is 5.75 Å². The van der Waals surface area contributed by atoms with Crippen LogP contribution in [0, 0.1) is 11.3 Å². The molecule has 8 heteroatoms. The molecule has 0 amide bonds. The van der Waals surface area contributed by atoms with Gasteiger partial charge in [0.15, 0.2) is 0 Å². The molecule has 0 fully saturated rings. The average Bonchev–Trinajstić information content (AvgIpc) is 3.06. The Kier molecular flexibility index (Phi) is 4.41. The molecule has 0 aliphatic rings. The van der Waals surface area contributed by atoms with Crippen molar-refractivity contribution in [1.29, 1.82) is 5.26 Å². The fraction of sp³-hybridized carbons (Fsp3) is 0.0667. The van der Waals surface area contributed by atoms with E-state index in [4.69, 9.17) is 0 Å². The molecule has 3 rings (SSSR count). The summed E-state index contributed by atoms with van der Waals surface area (Å²) in [7, 11) is 0. The molecule has 0 spiro atoms. The summed E-state index contributed by atoms with van der Waals surface area (Å²) in [5.74, 6) is 0.342. The van der Waals surface area contributed by atoms with Gasteiger partial charge in [-0.05, 0) is 23.6 Å². The fourth-order valence-electron chi connectivity index (χ4n) is 1.94. The Morgan fingerprint density at radius 1 is 1.26 bits per heavy atom. The first kappa shape index (κ1) is 15.3. The molecule has 0 aliphatic carbocycles. The van der Waals surface area contributed by atoms with E-state index in [0.717, 1.165) is 10.6 Å². The molecule has 0 unspecified atom stereocenters. The van der Waals surface area contributed by atoms with E-state index in [1.54, 1.807) is 17.4 Å². The molecule has 2 N–H and O–H groups in total. The molecule has 23 heavy (non-hydrogen) atoms. The molecule has 0 saturated carbocycles. The molecule has 114 valence electrons. The number of hydrogen-bond donors (Lipinski definition) is 2. The third-order valence-corrected chi connectivity index (χ3v) is 4.87. The first-order valence-electron chi connectivity index (χ1n) is 6.56. The Hall–Kier alpha value is -2.63. The average molecular weight is 342 g/mol. The van der Waals surface area contributed by atoms with Crippen LogP contribution in [0.3, 0.4) is 0 Å². The molecule has 0 radical (unpaired) electrons. The standard InChI is InChI=1S/C15H10N4O2S2/c16-7-9-3-4-11(12-2-1-5-22-12)18-14(9)23-8-10-6-13(20)19-15(21)17-10/h1-6H,8H2,(H2,17,19,20,21). The molecular formula is C15H10N4O2S2. The number of thioether (sulfide) groups is 1. The highest BCUT2D eigenvalue weighted by molar-refractivity contribution is 7.98. The molecule has 0 aromatic carbocycles. The molecule has 0 saturated heterocycles. The largest absolute Gasteiger partial charge is 0.325 e. The van der Waals surface area contributed by atoms with Crippen LogP contribution in [0.1, 0.15) is 11.3 Å². The van der Waals surface area contributed by atoms with Gasteiger partial charge in [-0.2, -0.15) is 5.26 Å². The summed E-state index contributed by atoms with van der Waals surface area (Å²) >= 11 is 2.87. The lowest BCUT2D eigenvalue weighted by Gasteiger charge is -2.05. The van der Waals surface area contributed by atoms with Crippen LogP contribution in [0.4, 0.5) is 0 Å². The van der Waals surface area contributed by atoms with Gasteiger partial charge in [-0.15, -0.1) is 11.3 Å². The van der Waals surface area contributed by atoms with Crippen molar-refractivity contribution in [3.63, 3.8) is 0 Å². The van der Waals surface area contributed by atoms with Gasteiger partial charge in [0.05, 0.1) is 16.1 Å². The van der Waals surface area contributed by atoms with Gasteiger partial charge in [0.1, 0.15) is 11.1 Å². The van der Waals surface area contributed by atoms with Crippen molar-refractivity contribution in [2.45, 2.75) is 10.8 Å². The van der Waals surface area contributed by atoms with Gasteiger partial charge >= 0.3 is 5.69 Å². The number of nitrogens with one attached hydrogen (secondary N) is 2. The van der Waals surface area contributed by atoms with Crippen LogP contribution in [0.15, 0.2) is 50.3 Å². The highest BCUT2D eigenvalue weighted by Crippen LogP contribution is 2.28. The summed E-state index contributed by atoms with van der Waals surface area (Å²) in [6, 6.07) is 10.9. The van der Waals surface area contributed by atoms with E-state index in [1.807, 2.05) is 23.6 Å². The topological polar surface area (TPSA) is 102 Å². The van der Waals surface area contributed by atoms with Gasteiger partial charge in [-0.25, -0.2) is 9.78 Å². The van der Waals surface area contributed by atoms with E-state index >= 15 is 0 Å². The number of rotatable bonds is 4. The molecule has 0 atom stereocenters. The lowest BCUT2D eigenvalue weighted by Crippen LogP contribution is -2.22. The number of hydrogen-bond acceptors (Lipinski definition) is 6. The number of nitrogens with zero attached hydrogens (tertiary/aromatic N) is 2. The Bertz CT molecular complexity index is 955. The molecule has 3 aromatic rings. The molecular weight excluding hydrogens is 332 g/mol. The van der Waals surface area contributed by atoms with Crippen LogP contribution in [0.5, 0.6) is 0 Å². The summed E-state index contributed by atoms with van der Waals surface area (Å²) in [4.78, 5) is 32.8. The predicted molar refractivity (Wildman–Crippen MR) is 89.5 cm³/mol. The van der Waals surface area contributed by atoms with Crippen molar-refractivity contribution in [1.82, 2.24) is 15.0 Å². The number of thiophene rings is 1.